The van der Waals surface area contributed by atoms with Crippen LogP contribution in [0.4, 0.5) is 10.5 Å². The molecule has 146 valence electrons. The van der Waals surface area contributed by atoms with E-state index in [-0.39, 0.29) is 12.1 Å². The predicted octanol–water partition coefficient (Wildman–Crippen LogP) is 4.43. The van der Waals surface area contributed by atoms with Crippen LogP contribution in [0.2, 0.25) is 0 Å². The summed E-state index contributed by atoms with van der Waals surface area (Å²) in [6.07, 6.45) is 7.19. The number of carbonyl (C=O) groups excluding carboxylic acids is 1. The zero-order chi connectivity index (χ0) is 19.1. The molecule has 0 spiro atoms. The van der Waals surface area contributed by atoms with Gasteiger partial charge < -0.3 is 19.5 Å². The zero-order valence-electron chi connectivity index (χ0n) is 16.5. The molecule has 0 aliphatic carbocycles. The average molecular weight is 370 g/mol. The Morgan fingerprint density at radius 3 is 2.70 bits per heavy atom. The highest BCUT2D eigenvalue weighted by atomic mass is 16.3. The van der Waals surface area contributed by atoms with Gasteiger partial charge >= 0.3 is 6.03 Å². The Bertz CT molecular complexity index is 708. The van der Waals surface area contributed by atoms with Gasteiger partial charge in [-0.15, -0.1) is 0 Å². The summed E-state index contributed by atoms with van der Waals surface area (Å²) in [5.74, 6) is 0.958. The molecule has 0 unspecified atom stereocenters. The number of hydrogen-bond acceptors (Lipinski definition) is 3. The number of nitrogens with zero attached hydrogens (tertiary/aromatic N) is 2. The third kappa shape index (κ3) is 5.52. The van der Waals surface area contributed by atoms with Crippen molar-refractivity contribution in [1.29, 1.82) is 0 Å². The Morgan fingerprint density at radius 1 is 1.19 bits per heavy atom. The van der Waals surface area contributed by atoms with Crippen LogP contribution in [0.3, 0.4) is 0 Å². The van der Waals surface area contributed by atoms with Gasteiger partial charge in [0.05, 0.1) is 6.26 Å². The highest BCUT2D eigenvalue weighted by molar-refractivity contribution is 5.74. The molecule has 1 atom stereocenters. The molecule has 27 heavy (non-hydrogen) atoms. The molecule has 0 radical (unpaired) electrons. The summed E-state index contributed by atoms with van der Waals surface area (Å²) in [4.78, 5) is 16.8. The lowest BCUT2D eigenvalue weighted by Crippen LogP contribution is -2.42. The summed E-state index contributed by atoms with van der Waals surface area (Å²) in [6, 6.07) is 12.4. The van der Waals surface area contributed by atoms with Crippen molar-refractivity contribution in [2.45, 2.75) is 51.6 Å². The van der Waals surface area contributed by atoms with E-state index in [0.717, 1.165) is 31.7 Å². The molecule has 2 aromatic rings. The van der Waals surface area contributed by atoms with Crippen LogP contribution in [0.1, 0.15) is 43.9 Å². The second-order valence-corrected chi connectivity index (χ2v) is 7.50. The highest BCUT2D eigenvalue weighted by Gasteiger charge is 2.17. The first-order valence-corrected chi connectivity index (χ1v) is 10.0. The molecule has 1 saturated heterocycles. The molecule has 1 aromatic heterocycles. The molecule has 0 bridgehead atoms. The molecule has 2 heterocycles. The number of nitrogens with one attached hydrogen (secondary N) is 1. The quantitative estimate of drug-likeness (QED) is 0.785. The number of amides is 2. The minimum atomic E-state index is -0.0320. The van der Waals surface area contributed by atoms with Crippen molar-refractivity contribution in [3.05, 3.63) is 54.0 Å². The Kier molecular flexibility index (Phi) is 6.80. The van der Waals surface area contributed by atoms with Crippen molar-refractivity contribution in [1.82, 2.24) is 10.2 Å². The summed E-state index contributed by atoms with van der Waals surface area (Å²) in [6.45, 7) is 4.87. The number of benzene rings is 1. The van der Waals surface area contributed by atoms with Gasteiger partial charge in [-0.05, 0) is 56.4 Å². The minimum absolute atomic E-state index is 0.0320. The molecule has 5 nitrogen and oxygen atoms in total. The van der Waals surface area contributed by atoms with Gasteiger partial charge in [0.2, 0.25) is 0 Å². The van der Waals surface area contributed by atoms with Crippen LogP contribution in [0, 0.1) is 0 Å². The first kappa shape index (κ1) is 19.3. The van der Waals surface area contributed by atoms with E-state index in [9.17, 15) is 4.79 Å². The maximum absolute atomic E-state index is 12.6. The zero-order valence-corrected chi connectivity index (χ0v) is 16.5. The molecule has 2 amide bonds. The van der Waals surface area contributed by atoms with Gasteiger partial charge in [-0.1, -0.05) is 18.2 Å². The SMILES string of the molecule is C[C@H](CCc1ccco1)NC(=O)N(C)Cc1ccccc1N1CCCCC1. The fraction of sp³-hybridized carbons (Fsp3) is 0.500. The van der Waals surface area contributed by atoms with E-state index in [4.69, 9.17) is 4.42 Å². The van der Waals surface area contributed by atoms with Crippen molar-refractivity contribution in [3.8, 4) is 0 Å². The van der Waals surface area contributed by atoms with Crippen molar-refractivity contribution < 1.29 is 9.21 Å². The van der Waals surface area contributed by atoms with Crippen LogP contribution in [-0.2, 0) is 13.0 Å². The van der Waals surface area contributed by atoms with E-state index >= 15 is 0 Å². The first-order chi connectivity index (χ1) is 13.1. The van der Waals surface area contributed by atoms with Crippen molar-refractivity contribution in [3.63, 3.8) is 0 Å². The minimum Gasteiger partial charge on any atom is -0.469 e. The van der Waals surface area contributed by atoms with E-state index in [0.29, 0.717) is 6.54 Å². The summed E-state index contributed by atoms with van der Waals surface area (Å²) in [5, 5.41) is 3.09. The molecule has 1 fully saturated rings. The topological polar surface area (TPSA) is 48.7 Å². The van der Waals surface area contributed by atoms with E-state index in [1.807, 2.05) is 26.1 Å². The Balaban J connectivity index is 1.53. The predicted molar refractivity (Wildman–Crippen MR) is 109 cm³/mol. The van der Waals surface area contributed by atoms with Crippen molar-refractivity contribution >= 4 is 11.7 Å². The second-order valence-electron chi connectivity index (χ2n) is 7.50. The molecule has 1 aliphatic heterocycles. The summed E-state index contributed by atoms with van der Waals surface area (Å²) < 4.78 is 5.36. The van der Waals surface area contributed by atoms with Crippen molar-refractivity contribution in [2.75, 3.05) is 25.0 Å². The molecular formula is C22H31N3O2. The number of hydrogen-bond donors (Lipinski definition) is 1. The molecule has 5 heteroatoms. The van der Waals surface area contributed by atoms with Crippen LogP contribution >= 0.6 is 0 Å². The second kappa shape index (κ2) is 9.49. The summed E-state index contributed by atoms with van der Waals surface area (Å²) in [7, 11) is 1.86. The van der Waals surface area contributed by atoms with E-state index in [1.54, 1.807) is 11.2 Å². The molecule has 1 aromatic carbocycles. The van der Waals surface area contributed by atoms with Gasteiger partial charge in [-0.2, -0.15) is 0 Å². The molecule has 3 rings (SSSR count). The summed E-state index contributed by atoms with van der Waals surface area (Å²) in [5.41, 5.74) is 2.48. The van der Waals surface area contributed by atoms with Crippen LogP contribution in [0.25, 0.3) is 0 Å². The number of anilines is 1. The van der Waals surface area contributed by atoms with Crippen LogP contribution < -0.4 is 10.2 Å². The normalized spacial score (nSPS) is 15.4. The summed E-state index contributed by atoms with van der Waals surface area (Å²) >= 11 is 0. The van der Waals surface area contributed by atoms with Gasteiger partial charge in [-0.25, -0.2) is 4.79 Å². The Labute approximate surface area is 162 Å². The molecule has 1 N–H and O–H groups in total. The number of carbonyl (C=O) groups is 1. The number of furan rings is 1. The number of urea groups is 1. The first-order valence-electron chi connectivity index (χ1n) is 10.0. The molecule has 0 saturated carbocycles. The van der Waals surface area contributed by atoms with E-state index < -0.39 is 0 Å². The molecular weight excluding hydrogens is 338 g/mol. The lowest BCUT2D eigenvalue weighted by atomic mass is 10.1. The third-order valence-corrected chi connectivity index (χ3v) is 5.22. The Hall–Kier alpha value is -2.43. The van der Waals surface area contributed by atoms with Crippen molar-refractivity contribution in [2.24, 2.45) is 0 Å². The smallest absolute Gasteiger partial charge is 0.317 e. The van der Waals surface area contributed by atoms with Crippen LogP contribution in [0.5, 0.6) is 0 Å². The fourth-order valence-electron chi connectivity index (χ4n) is 3.62. The van der Waals surface area contributed by atoms with Gasteiger partial charge in [0.25, 0.3) is 0 Å². The largest absolute Gasteiger partial charge is 0.469 e. The standard InChI is InChI=1S/C22H31N3O2/c1-18(12-13-20-10-8-16-27-20)23-22(26)24(2)17-19-9-4-5-11-21(19)25-14-6-3-7-15-25/h4-5,8-11,16,18H,3,6-7,12-15,17H2,1-2H3,(H,23,26)/t18-/m1/s1. The third-order valence-electron chi connectivity index (χ3n) is 5.22. The van der Waals surface area contributed by atoms with Gasteiger partial charge in [-0.3, -0.25) is 0 Å². The number of para-hydroxylation sites is 1. The highest BCUT2D eigenvalue weighted by Crippen LogP contribution is 2.25. The average Bonchev–Trinajstić information content (AvgIpc) is 3.21. The van der Waals surface area contributed by atoms with E-state index in [1.165, 1.54) is 30.5 Å². The van der Waals surface area contributed by atoms with Gasteiger partial charge in [0, 0.05) is 44.8 Å². The number of aryl methyl sites for hydroxylation is 1. The number of piperidine rings is 1. The lowest BCUT2D eigenvalue weighted by Gasteiger charge is -2.31. The van der Waals surface area contributed by atoms with Crippen LogP contribution in [0.15, 0.2) is 47.1 Å². The van der Waals surface area contributed by atoms with Gasteiger partial charge in [0.1, 0.15) is 5.76 Å². The number of rotatable bonds is 7. The van der Waals surface area contributed by atoms with Crippen LogP contribution in [-0.4, -0.2) is 37.1 Å². The lowest BCUT2D eigenvalue weighted by molar-refractivity contribution is 0.202. The Morgan fingerprint density at radius 2 is 1.96 bits per heavy atom. The monoisotopic (exact) mass is 369 g/mol. The van der Waals surface area contributed by atoms with Gasteiger partial charge in [0.15, 0.2) is 0 Å². The maximum atomic E-state index is 12.6. The molecule has 1 aliphatic rings. The maximum Gasteiger partial charge on any atom is 0.317 e. The van der Waals surface area contributed by atoms with E-state index in [2.05, 4.69) is 34.5 Å². The fourth-order valence-corrected chi connectivity index (χ4v) is 3.62.